The maximum Gasteiger partial charge on any atom is 0.410 e. The lowest BCUT2D eigenvalue weighted by atomic mass is 9.73. The van der Waals surface area contributed by atoms with Gasteiger partial charge in [0.2, 0.25) is 0 Å². The van der Waals surface area contributed by atoms with Crippen LogP contribution in [-0.2, 0) is 55.8 Å². The molecule has 18 nitrogen and oxygen atoms in total. The first-order valence-electron chi connectivity index (χ1n) is 24.3. The number of aryl methyl sites for hydroxylation is 1. The molecule has 0 radical (unpaired) electrons. The number of ketones is 1. The van der Waals surface area contributed by atoms with Crippen LogP contribution < -0.4 is 0 Å². The number of likely N-dealkylation sites (N-methyl/N-ethyl adjacent to an activating group) is 1. The number of aliphatic hydroxyl groups is 1. The Hall–Kier alpha value is -5.14. The zero-order chi connectivity index (χ0) is 50.2. The smallest absolute Gasteiger partial charge is 0.410 e. The second-order valence-corrected chi connectivity index (χ2v) is 19.7. The van der Waals surface area contributed by atoms with Gasteiger partial charge in [0.25, 0.3) is 0 Å². The number of amides is 1. The van der Waals surface area contributed by atoms with E-state index in [0.29, 0.717) is 38.0 Å². The van der Waals surface area contributed by atoms with Crippen molar-refractivity contribution in [3.63, 3.8) is 0 Å². The van der Waals surface area contributed by atoms with Crippen molar-refractivity contribution in [2.75, 3.05) is 27.2 Å². The largest absolute Gasteiger partial charge is 0.461 e. The number of rotatable bonds is 16. The molecule has 3 saturated heterocycles. The van der Waals surface area contributed by atoms with Crippen LogP contribution in [0.4, 0.5) is 4.79 Å². The van der Waals surface area contributed by atoms with Gasteiger partial charge >= 0.3 is 18.0 Å². The zero-order valence-corrected chi connectivity index (χ0v) is 41.9. The van der Waals surface area contributed by atoms with Crippen molar-refractivity contribution in [1.29, 1.82) is 0 Å². The van der Waals surface area contributed by atoms with Gasteiger partial charge in [-0.15, -0.1) is 6.58 Å². The molecule has 6 heterocycles. The van der Waals surface area contributed by atoms with Crippen LogP contribution in [0.5, 0.6) is 0 Å². The van der Waals surface area contributed by atoms with Crippen LogP contribution in [0.3, 0.4) is 0 Å². The standard InChI is InChI=1S/C51H73N7O11/c1-12-20-56(10)39-23-32(4)65-48(43(39)61)68-46-34(6)44(67-41(59)24-37-18-14-15-19-54-37)35(7)47(62)66-40(13-2)51(9)45(33(5)42(60)31(3)25-50(46,8)64-11)58(49(63)69-51)22-17-16-21-57-28-38(55-30-57)36-26-52-29-53-27-36/h12,14-15,18-19,26-35,39-40,43-46,48,61H,1,13,16-17,20-25H2,2-11H3/t31-,32-,33+,34+,35-,39+,40-,43-,44+,45-,46-,48+,50-,51-/m1/s1. The number of fused-ring (bicyclic) bond motifs is 1. The fourth-order valence-corrected chi connectivity index (χ4v) is 10.8. The van der Waals surface area contributed by atoms with Gasteiger partial charge in [0.05, 0.1) is 53.9 Å². The Morgan fingerprint density at radius 2 is 1.77 bits per heavy atom. The number of hydrogen-bond donors (Lipinski definition) is 1. The summed E-state index contributed by atoms with van der Waals surface area (Å²) in [6.45, 7) is 19.6. The number of aromatic nitrogens is 5. The summed E-state index contributed by atoms with van der Waals surface area (Å²) >= 11 is 0. The van der Waals surface area contributed by atoms with Crippen molar-refractivity contribution in [2.45, 2.75) is 161 Å². The molecule has 0 unspecified atom stereocenters. The van der Waals surface area contributed by atoms with Crippen LogP contribution in [0.1, 0.15) is 93.2 Å². The molecule has 0 saturated carbocycles. The third-order valence-electron chi connectivity index (χ3n) is 14.5. The van der Waals surface area contributed by atoms with Gasteiger partial charge in [0, 0.05) is 80.9 Å². The number of hydrogen-bond acceptors (Lipinski definition) is 16. The summed E-state index contributed by atoms with van der Waals surface area (Å²) in [6, 6.07) is 4.01. The van der Waals surface area contributed by atoms with Gasteiger partial charge in [-0.3, -0.25) is 24.3 Å². The SMILES string of the molecule is C=CCN(C)[C@H]1C[C@@H](C)O[C@@H](O[C@@H]2[C@@H](C)[C@H](OC(=O)Cc3ccccn3)[C@@H](C)C(=O)O[C@H](CC)[C@@]3(C)OC(=O)N(CCCCn4cnc(-c5cncnc5)c4)[C@@H]3[C@@H](C)C(=O)[C@H](C)C[C@@]2(C)OC)[C@@H]1O. The minimum atomic E-state index is -1.45. The number of ether oxygens (including phenoxy) is 6. The number of Topliss-reactive ketones (excluding diaryl/α,β-unsaturated/α-hetero) is 1. The van der Waals surface area contributed by atoms with Crippen molar-refractivity contribution in [3.8, 4) is 11.3 Å². The van der Waals surface area contributed by atoms with Gasteiger partial charge in [-0.25, -0.2) is 19.7 Å². The van der Waals surface area contributed by atoms with Crippen molar-refractivity contribution >= 4 is 23.8 Å². The number of cyclic esters (lactones) is 1. The predicted molar refractivity (Wildman–Crippen MR) is 254 cm³/mol. The fraction of sp³-hybridized carbons (Fsp3) is 0.647. The highest BCUT2D eigenvalue weighted by molar-refractivity contribution is 5.85. The predicted octanol–water partition coefficient (Wildman–Crippen LogP) is 5.86. The first-order valence-corrected chi connectivity index (χ1v) is 24.3. The lowest BCUT2D eigenvalue weighted by molar-refractivity contribution is -0.302. The third kappa shape index (κ3) is 12.1. The molecular weight excluding hydrogens is 887 g/mol. The lowest BCUT2D eigenvalue weighted by Crippen LogP contribution is -2.61. The average molecular weight is 960 g/mol. The van der Waals surface area contributed by atoms with E-state index in [4.69, 9.17) is 28.4 Å². The van der Waals surface area contributed by atoms with Crippen molar-refractivity contribution < 1.29 is 52.7 Å². The second-order valence-electron chi connectivity index (χ2n) is 19.7. The number of aliphatic hydroxyl groups excluding tert-OH is 1. The number of unbranched alkanes of at least 4 members (excludes halogenated alkanes) is 1. The van der Waals surface area contributed by atoms with Crippen molar-refractivity contribution in [3.05, 3.63) is 74.0 Å². The minimum absolute atomic E-state index is 0.102. The van der Waals surface area contributed by atoms with E-state index >= 15 is 4.79 Å². The molecule has 0 bridgehead atoms. The molecule has 0 aromatic carbocycles. The van der Waals surface area contributed by atoms with Gasteiger partial charge in [-0.2, -0.15) is 0 Å². The number of esters is 2. The van der Waals surface area contributed by atoms with Crippen LogP contribution >= 0.6 is 0 Å². The summed E-state index contributed by atoms with van der Waals surface area (Å²) in [6.07, 6.45) is 7.27. The normalized spacial score (nSPS) is 33.6. The molecule has 3 aromatic heterocycles. The number of imidazole rings is 1. The van der Waals surface area contributed by atoms with Gasteiger partial charge in [-0.1, -0.05) is 39.8 Å². The summed E-state index contributed by atoms with van der Waals surface area (Å²) in [4.78, 5) is 78.5. The van der Waals surface area contributed by atoms with Crippen molar-refractivity contribution in [2.24, 2.45) is 23.7 Å². The van der Waals surface area contributed by atoms with Gasteiger partial charge in [0.15, 0.2) is 11.9 Å². The molecule has 69 heavy (non-hydrogen) atoms. The summed E-state index contributed by atoms with van der Waals surface area (Å²) in [5.41, 5.74) is -0.767. The molecule has 3 aromatic rings. The Labute approximate surface area is 406 Å². The Balaban J connectivity index is 1.35. The van der Waals surface area contributed by atoms with Gasteiger partial charge in [-0.05, 0) is 79.0 Å². The number of pyridine rings is 1. The quantitative estimate of drug-likeness (QED) is 0.0772. The van der Waals surface area contributed by atoms with Gasteiger partial charge in [0.1, 0.15) is 30.4 Å². The first-order chi connectivity index (χ1) is 32.8. The van der Waals surface area contributed by atoms with E-state index in [1.807, 2.05) is 50.4 Å². The average Bonchev–Trinajstić information content (AvgIpc) is 3.91. The summed E-state index contributed by atoms with van der Waals surface area (Å²) in [7, 11) is 3.41. The molecule has 0 spiro atoms. The van der Waals surface area contributed by atoms with Crippen LogP contribution in [0.2, 0.25) is 0 Å². The molecule has 6 rings (SSSR count). The van der Waals surface area contributed by atoms with Crippen LogP contribution in [0.15, 0.2) is 68.3 Å². The maximum atomic E-state index is 15.1. The van der Waals surface area contributed by atoms with E-state index in [1.54, 1.807) is 81.8 Å². The van der Waals surface area contributed by atoms with Gasteiger partial charge < -0.3 is 43.0 Å². The molecule has 0 aliphatic carbocycles. The van der Waals surface area contributed by atoms with E-state index in [1.165, 1.54) is 13.4 Å². The Bertz CT molecular complexity index is 2200. The molecule has 18 heteroatoms. The molecule has 3 fully saturated rings. The Kier molecular flexibility index (Phi) is 17.9. The molecule has 3 aliphatic heterocycles. The highest BCUT2D eigenvalue weighted by atomic mass is 16.7. The number of nitrogens with zero attached hydrogens (tertiary/aromatic N) is 7. The zero-order valence-electron chi connectivity index (χ0n) is 41.9. The third-order valence-corrected chi connectivity index (χ3v) is 14.5. The first kappa shape index (κ1) is 53.2. The van der Waals surface area contributed by atoms with E-state index in [9.17, 15) is 19.5 Å². The maximum absolute atomic E-state index is 15.1. The lowest BCUT2D eigenvalue weighted by Gasteiger charge is -2.48. The Morgan fingerprint density at radius 3 is 2.43 bits per heavy atom. The van der Waals surface area contributed by atoms with Crippen molar-refractivity contribution in [1.82, 2.24) is 34.3 Å². The number of carbonyl (C=O) groups is 4. The Morgan fingerprint density at radius 1 is 1.04 bits per heavy atom. The summed E-state index contributed by atoms with van der Waals surface area (Å²) in [5.74, 6) is -4.95. The van der Waals surface area contributed by atoms with E-state index < -0.39 is 89.7 Å². The minimum Gasteiger partial charge on any atom is -0.461 e. The van der Waals surface area contributed by atoms with Crippen LogP contribution in [-0.4, -0.2) is 151 Å². The summed E-state index contributed by atoms with van der Waals surface area (Å²) < 4.78 is 40.7. The molecule has 3 aliphatic rings. The van der Waals surface area contributed by atoms with E-state index in [2.05, 4.69) is 26.5 Å². The molecule has 378 valence electrons. The topological polar surface area (TPSA) is 207 Å². The molecule has 14 atom stereocenters. The fourth-order valence-electron chi connectivity index (χ4n) is 10.8. The van der Waals surface area contributed by atoms with Crippen LogP contribution in [0, 0.1) is 23.7 Å². The van der Waals surface area contributed by atoms with E-state index in [-0.39, 0.29) is 43.7 Å². The molecule has 1 N–H and O–H groups in total. The van der Waals surface area contributed by atoms with E-state index in [0.717, 1.165) is 11.3 Å². The second kappa shape index (κ2) is 23.2. The highest BCUT2D eigenvalue weighted by Gasteiger charge is 2.60. The number of methoxy groups -OCH3 is 1. The highest BCUT2D eigenvalue weighted by Crippen LogP contribution is 2.44. The monoisotopic (exact) mass is 960 g/mol. The number of carbonyl (C=O) groups excluding carboxylic acids is 4. The molecular formula is C51H73N7O11. The van der Waals surface area contributed by atoms with Crippen LogP contribution in [0.25, 0.3) is 11.3 Å². The summed E-state index contributed by atoms with van der Waals surface area (Å²) in [5, 5.41) is 11.9. The molecule has 1 amide bonds.